The Kier molecular flexibility index (Phi) is 7.25. The fourth-order valence-corrected chi connectivity index (χ4v) is 2.29. The van der Waals surface area contributed by atoms with Crippen LogP contribution in [0.2, 0.25) is 10.0 Å². The van der Waals surface area contributed by atoms with Crippen LogP contribution >= 0.6 is 23.2 Å². The summed E-state index contributed by atoms with van der Waals surface area (Å²) in [5, 5.41) is 3.41. The molecule has 0 bridgehead atoms. The lowest BCUT2D eigenvalue weighted by Crippen LogP contribution is -2.31. The third kappa shape index (κ3) is 6.52. The summed E-state index contributed by atoms with van der Waals surface area (Å²) < 4.78 is 0. The van der Waals surface area contributed by atoms with Gasteiger partial charge in [-0.15, -0.1) is 0 Å². The normalized spacial score (nSPS) is 11.2. The van der Waals surface area contributed by atoms with Gasteiger partial charge in [0.2, 0.25) is 5.91 Å². The first-order valence-corrected chi connectivity index (χ1v) is 7.43. The van der Waals surface area contributed by atoms with E-state index in [0.29, 0.717) is 34.4 Å². The van der Waals surface area contributed by atoms with Crippen molar-refractivity contribution in [1.82, 2.24) is 9.80 Å². The van der Waals surface area contributed by atoms with Crippen LogP contribution in [0.3, 0.4) is 0 Å². The van der Waals surface area contributed by atoms with Crippen molar-refractivity contribution in [2.45, 2.75) is 6.42 Å². The van der Waals surface area contributed by atoms with Gasteiger partial charge in [0.15, 0.2) is 0 Å². The predicted octanol–water partition coefficient (Wildman–Crippen LogP) is 2.40. The number of anilines is 2. The number of hydrogen-bond donors (Lipinski definition) is 2. The molecule has 0 unspecified atom stereocenters. The molecule has 1 aromatic rings. The molecule has 0 saturated carbocycles. The Morgan fingerprint density at radius 1 is 1.14 bits per heavy atom. The van der Waals surface area contributed by atoms with Crippen molar-refractivity contribution in [1.29, 1.82) is 0 Å². The molecule has 0 aliphatic rings. The van der Waals surface area contributed by atoms with Gasteiger partial charge in [0.1, 0.15) is 0 Å². The number of nitrogens with one attached hydrogen (secondary N) is 1. The van der Waals surface area contributed by atoms with E-state index in [1.54, 1.807) is 12.1 Å². The molecule has 0 fully saturated rings. The van der Waals surface area contributed by atoms with E-state index in [9.17, 15) is 4.79 Å². The second-order valence-corrected chi connectivity index (χ2v) is 6.08. The van der Waals surface area contributed by atoms with E-state index in [2.05, 4.69) is 15.1 Å². The molecule has 3 N–H and O–H groups in total. The molecular formula is C14H22Cl2N4O. The summed E-state index contributed by atoms with van der Waals surface area (Å²) in [4.78, 5) is 16.2. The Morgan fingerprint density at radius 2 is 1.71 bits per heavy atom. The monoisotopic (exact) mass is 332 g/mol. The number of halogens is 2. The number of nitrogen functional groups attached to an aromatic ring is 1. The smallest absolute Gasteiger partial charge is 0.225 e. The highest BCUT2D eigenvalue weighted by molar-refractivity contribution is 6.40. The van der Waals surface area contributed by atoms with Crippen LogP contribution in [0.4, 0.5) is 11.4 Å². The number of benzene rings is 1. The van der Waals surface area contributed by atoms with Gasteiger partial charge in [0.05, 0.1) is 15.7 Å². The van der Waals surface area contributed by atoms with Crippen LogP contribution in [-0.4, -0.2) is 56.5 Å². The molecule has 0 aromatic heterocycles. The highest BCUT2D eigenvalue weighted by atomic mass is 35.5. The Bertz CT molecular complexity index is 471. The van der Waals surface area contributed by atoms with E-state index in [1.807, 2.05) is 21.1 Å². The maximum Gasteiger partial charge on any atom is 0.225 e. The Morgan fingerprint density at radius 3 is 2.24 bits per heavy atom. The lowest BCUT2D eigenvalue weighted by atomic mass is 10.2. The highest BCUT2D eigenvalue weighted by Crippen LogP contribution is 2.32. The lowest BCUT2D eigenvalue weighted by Gasteiger charge is -2.19. The molecule has 0 heterocycles. The molecule has 21 heavy (non-hydrogen) atoms. The zero-order valence-corrected chi connectivity index (χ0v) is 14.1. The SMILES string of the molecule is CN(C)CCN(C)CCC(=O)Nc1c(Cl)cc(N)cc1Cl. The van der Waals surface area contributed by atoms with E-state index in [-0.39, 0.29) is 5.91 Å². The summed E-state index contributed by atoms with van der Waals surface area (Å²) in [6.45, 7) is 2.53. The molecule has 7 heteroatoms. The number of nitrogens with zero attached hydrogens (tertiary/aromatic N) is 2. The van der Waals surface area contributed by atoms with Crippen LogP contribution in [0.25, 0.3) is 0 Å². The van der Waals surface area contributed by atoms with Gasteiger partial charge < -0.3 is 20.9 Å². The molecule has 0 saturated heterocycles. The minimum absolute atomic E-state index is 0.125. The summed E-state index contributed by atoms with van der Waals surface area (Å²) in [5.74, 6) is -0.125. The van der Waals surface area contributed by atoms with Gasteiger partial charge in [-0.3, -0.25) is 4.79 Å². The molecule has 1 rings (SSSR count). The van der Waals surface area contributed by atoms with Crippen LogP contribution < -0.4 is 11.1 Å². The van der Waals surface area contributed by atoms with Gasteiger partial charge in [-0.25, -0.2) is 0 Å². The average molecular weight is 333 g/mol. The first kappa shape index (κ1) is 18.0. The van der Waals surface area contributed by atoms with Crippen molar-refractivity contribution in [3.05, 3.63) is 22.2 Å². The Hall–Kier alpha value is -1.01. The summed E-state index contributed by atoms with van der Waals surface area (Å²) >= 11 is 12.1. The van der Waals surface area contributed by atoms with Crippen molar-refractivity contribution in [3.8, 4) is 0 Å². The fourth-order valence-electron chi connectivity index (χ4n) is 1.69. The molecule has 5 nitrogen and oxygen atoms in total. The van der Waals surface area contributed by atoms with Gasteiger partial charge in [-0.1, -0.05) is 23.2 Å². The van der Waals surface area contributed by atoms with Crippen LogP contribution in [-0.2, 0) is 4.79 Å². The lowest BCUT2D eigenvalue weighted by molar-refractivity contribution is -0.116. The molecular weight excluding hydrogens is 311 g/mol. The zero-order valence-electron chi connectivity index (χ0n) is 12.6. The number of likely N-dealkylation sites (N-methyl/N-ethyl adjacent to an activating group) is 2. The van der Waals surface area contributed by atoms with Gasteiger partial charge in [0.25, 0.3) is 0 Å². The quantitative estimate of drug-likeness (QED) is 0.752. The number of carbonyl (C=O) groups is 1. The zero-order chi connectivity index (χ0) is 16.0. The number of nitrogens with two attached hydrogens (primary N) is 1. The van der Waals surface area contributed by atoms with Gasteiger partial charge in [-0.2, -0.15) is 0 Å². The van der Waals surface area contributed by atoms with Gasteiger partial charge in [0, 0.05) is 31.7 Å². The standard InChI is InChI=1S/C14H22Cl2N4O/c1-19(2)6-7-20(3)5-4-13(21)18-14-11(15)8-10(17)9-12(14)16/h8-9H,4-7,17H2,1-3H3,(H,18,21). The van der Waals surface area contributed by atoms with Crippen molar-refractivity contribution in [2.75, 3.05) is 51.8 Å². The first-order chi connectivity index (χ1) is 9.79. The number of hydrogen-bond acceptors (Lipinski definition) is 4. The van der Waals surface area contributed by atoms with Crippen LogP contribution in [0.1, 0.15) is 6.42 Å². The molecule has 1 aromatic carbocycles. The van der Waals surface area contributed by atoms with Gasteiger partial charge in [-0.05, 0) is 33.3 Å². The van der Waals surface area contributed by atoms with Crippen molar-refractivity contribution >= 4 is 40.5 Å². The third-order valence-electron chi connectivity index (χ3n) is 2.98. The molecule has 0 aliphatic carbocycles. The highest BCUT2D eigenvalue weighted by Gasteiger charge is 2.11. The molecule has 1 amide bonds. The Labute approximate surface area is 136 Å². The molecule has 118 valence electrons. The Balaban J connectivity index is 2.48. The van der Waals surface area contributed by atoms with Crippen LogP contribution in [0.15, 0.2) is 12.1 Å². The van der Waals surface area contributed by atoms with Crippen molar-refractivity contribution < 1.29 is 4.79 Å². The summed E-state index contributed by atoms with van der Waals surface area (Å²) in [7, 11) is 6.03. The average Bonchev–Trinajstić information content (AvgIpc) is 2.38. The number of carbonyl (C=O) groups excluding carboxylic acids is 1. The minimum atomic E-state index is -0.125. The van der Waals surface area contributed by atoms with Gasteiger partial charge >= 0.3 is 0 Å². The first-order valence-electron chi connectivity index (χ1n) is 6.67. The van der Waals surface area contributed by atoms with E-state index < -0.39 is 0 Å². The number of rotatable bonds is 7. The van der Waals surface area contributed by atoms with E-state index >= 15 is 0 Å². The summed E-state index contributed by atoms with van der Waals surface area (Å²) in [5.41, 5.74) is 6.50. The minimum Gasteiger partial charge on any atom is -0.399 e. The second kappa shape index (κ2) is 8.44. The molecule has 0 aliphatic heterocycles. The van der Waals surface area contributed by atoms with E-state index in [4.69, 9.17) is 28.9 Å². The maximum atomic E-state index is 11.9. The van der Waals surface area contributed by atoms with E-state index in [1.165, 1.54) is 0 Å². The van der Waals surface area contributed by atoms with Crippen molar-refractivity contribution in [3.63, 3.8) is 0 Å². The fraction of sp³-hybridized carbons (Fsp3) is 0.500. The summed E-state index contributed by atoms with van der Waals surface area (Å²) in [6, 6.07) is 3.12. The number of amides is 1. The maximum absolute atomic E-state index is 11.9. The summed E-state index contributed by atoms with van der Waals surface area (Å²) in [6.07, 6.45) is 0.376. The van der Waals surface area contributed by atoms with E-state index in [0.717, 1.165) is 13.1 Å². The second-order valence-electron chi connectivity index (χ2n) is 5.26. The molecule has 0 radical (unpaired) electrons. The predicted molar refractivity (Wildman–Crippen MR) is 90.2 cm³/mol. The topological polar surface area (TPSA) is 61.6 Å². The molecule has 0 spiro atoms. The largest absolute Gasteiger partial charge is 0.399 e. The molecule has 0 atom stereocenters. The third-order valence-corrected chi connectivity index (χ3v) is 3.57. The van der Waals surface area contributed by atoms with Crippen LogP contribution in [0.5, 0.6) is 0 Å². The van der Waals surface area contributed by atoms with Crippen LogP contribution in [0, 0.1) is 0 Å². The van der Waals surface area contributed by atoms with Crippen molar-refractivity contribution in [2.24, 2.45) is 0 Å².